The van der Waals surface area contributed by atoms with Crippen molar-refractivity contribution in [3.63, 3.8) is 0 Å². The molecule has 0 aliphatic rings. The molecule has 0 aliphatic heterocycles. The van der Waals surface area contributed by atoms with Crippen LogP contribution in [0.5, 0.6) is 0 Å². The van der Waals surface area contributed by atoms with Gasteiger partial charge in [-0.25, -0.2) is 4.52 Å². The Morgan fingerprint density at radius 3 is 2.85 bits per heavy atom. The van der Waals surface area contributed by atoms with Gasteiger partial charge in [-0.2, -0.15) is 5.10 Å². The molecule has 0 saturated carbocycles. The molecule has 0 saturated heterocycles. The first-order valence-electron chi connectivity index (χ1n) is 4.38. The topological polar surface area (TPSA) is 42.5 Å². The van der Waals surface area contributed by atoms with E-state index in [0.717, 1.165) is 5.65 Å². The van der Waals surface area contributed by atoms with E-state index in [0.29, 0.717) is 11.7 Å². The van der Waals surface area contributed by atoms with Gasteiger partial charge in [0, 0.05) is 24.5 Å². The first-order chi connectivity index (χ1) is 6.22. The molecule has 0 radical (unpaired) electrons. The highest BCUT2D eigenvalue weighted by Gasteiger charge is 2.06. The van der Waals surface area contributed by atoms with E-state index in [4.69, 9.17) is 5.11 Å². The molecule has 2 aromatic rings. The Balaban J connectivity index is 2.58. The zero-order valence-electron chi connectivity index (χ0n) is 7.81. The summed E-state index contributed by atoms with van der Waals surface area (Å²) in [6, 6.07) is 2.32. The third kappa shape index (κ3) is 1.23. The number of imidazole rings is 1. The number of aliphatic hydroxyl groups excluding tert-OH is 1. The van der Waals surface area contributed by atoms with E-state index < -0.39 is 0 Å². The maximum absolute atomic E-state index is 8.90. The van der Waals surface area contributed by atoms with Crippen LogP contribution < -0.4 is 0 Å². The Morgan fingerprint density at radius 1 is 1.46 bits per heavy atom. The summed E-state index contributed by atoms with van der Waals surface area (Å²) in [5.41, 5.74) is 1.74. The summed E-state index contributed by atoms with van der Waals surface area (Å²) in [7, 11) is 0. The van der Waals surface area contributed by atoms with Crippen molar-refractivity contribution in [2.75, 3.05) is 0 Å². The second-order valence-corrected chi connectivity index (χ2v) is 3.40. The van der Waals surface area contributed by atoms with E-state index in [1.54, 1.807) is 4.52 Å². The zero-order valence-corrected chi connectivity index (χ0v) is 7.81. The van der Waals surface area contributed by atoms with Crippen LogP contribution in [0.1, 0.15) is 25.6 Å². The van der Waals surface area contributed by atoms with Gasteiger partial charge in [-0.3, -0.25) is 0 Å². The molecule has 0 atom stereocenters. The summed E-state index contributed by atoms with van der Waals surface area (Å²) >= 11 is 0. The lowest BCUT2D eigenvalue weighted by atomic mass is 10.4. The van der Waals surface area contributed by atoms with Gasteiger partial charge in [0.25, 0.3) is 0 Å². The normalized spacial score (nSPS) is 11.7. The molecule has 4 nitrogen and oxygen atoms in total. The number of nitrogens with zero attached hydrogens (tertiary/aromatic N) is 3. The van der Waals surface area contributed by atoms with Crippen LogP contribution in [0.2, 0.25) is 0 Å². The first-order valence-corrected chi connectivity index (χ1v) is 4.38. The molecule has 4 heteroatoms. The van der Waals surface area contributed by atoms with Crippen molar-refractivity contribution in [2.24, 2.45) is 0 Å². The van der Waals surface area contributed by atoms with E-state index >= 15 is 0 Å². The minimum absolute atomic E-state index is 0.000223. The van der Waals surface area contributed by atoms with Gasteiger partial charge in [-0.1, -0.05) is 0 Å². The molecule has 0 spiro atoms. The Labute approximate surface area is 76.4 Å². The van der Waals surface area contributed by atoms with Gasteiger partial charge in [0.1, 0.15) is 5.65 Å². The number of aromatic nitrogens is 3. The summed E-state index contributed by atoms with van der Waals surface area (Å²) in [6.45, 7) is 4.23. The molecule has 0 aromatic carbocycles. The van der Waals surface area contributed by atoms with E-state index in [2.05, 4.69) is 23.5 Å². The average Bonchev–Trinajstić information content (AvgIpc) is 2.59. The fourth-order valence-electron chi connectivity index (χ4n) is 1.46. The summed E-state index contributed by atoms with van der Waals surface area (Å²) in [5, 5.41) is 13.1. The van der Waals surface area contributed by atoms with Gasteiger partial charge in [0.15, 0.2) is 0 Å². The molecule has 13 heavy (non-hydrogen) atoms. The van der Waals surface area contributed by atoms with Crippen LogP contribution in [-0.2, 0) is 6.61 Å². The van der Waals surface area contributed by atoms with Crippen molar-refractivity contribution in [2.45, 2.75) is 26.5 Å². The number of hydrogen-bond acceptors (Lipinski definition) is 2. The standard InChI is InChI=1S/C9H13N3O/c1-7(2)11-3-4-12-9(11)5-8(6-13)10-12/h3-5,7,13H,6H2,1-2H3. The van der Waals surface area contributed by atoms with Crippen LogP contribution in [-0.4, -0.2) is 19.3 Å². The maximum Gasteiger partial charge on any atom is 0.136 e. The van der Waals surface area contributed by atoms with E-state index in [1.165, 1.54) is 0 Å². The van der Waals surface area contributed by atoms with Gasteiger partial charge >= 0.3 is 0 Å². The summed E-state index contributed by atoms with van der Waals surface area (Å²) in [5.74, 6) is 0. The van der Waals surface area contributed by atoms with Gasteiger partial charge in [-0.15, -0.1) is 0 Å². The molecular formula is C9H13N3O. The second-order valence-electron chi connectivity index (χ2n) is 3.40. The van der Waals surface area contributed by atoms with Crippen molar-refractivity contribution in [1.82, 2.24) is 14.2 Å². The molecule has 2 heterocycles. The average molecular weight is 179 g/mol. The number of fused-ring (bicyclic) bond motifs is 1. The predicted octanol–water partition coefficient (Wildman–Crippen LogP) is 1.21. The van der Waals surface area contributed by atoms with E-state index in [-0.39, 0.29) is 6.61 Å². The highest BCUT2D eigenvalue weighted by Crippen LogP contribution is 2.13. The Morgan fingerprint density at radius 2 is 2.23 bits per heavy atom. The molecule has 0 amide bonds. The quantitative estimate of drug-likeness (QED) is 0.753. The van der Waals surface area contributed by atoms with Crippen LogP contribution in [0.4, 0.5) is 0 Å². The second kappa shape index (κ2) is 2.88. The fourth-order valence-corrected chi connectivity index (χ4v) is 1.46. The summed E-state index contributed by atoms with van der Waals surface area (Å²) in [6.07, 6.45) is 3.89. The van der Waals surface area contributed by atoms with Gasteiger partial charge in [0.2, 0.25) is 0 Å². The maximum atomic E-state index is 8.90. The van der Waals surface area contributed by atoms with Crippen LogP contribution in [0.15, 0.2) is 18.5 Å². The Hall–Kier alpha value is -1.29. The number of rotatable bonds is 2. The molecule has 70 valence electrons. The van der Waals surface area contributed by atoms with Gasteiger partial charge < -0.3 is 9.67 Å². The Kier molecular flexibility index (Phi) is 1.84. The third-order valence-electron chi connectivity index (χ3n) is 2.12. The smallest absolute Gasteiger partial charge is 0.136 e. The first kappa shape index (κ1) is 8.31. The molecule has 0 bridgehead atoms. The van der Waals surface area contributed by atoms with Crippen LogP contribution in [0.25, 0.3) is 5.65 Å². The van der Waals surface area contributed by atoms with Crippen molar-refractivity contribution in [3.05, 3.63) is 24.2 Å². The highest BCUT2D eigenvalue weighted by atomic mass is 16.3. The SMILES string of the molecule is CC(C)n1ccn2nc(CO)cc12. The van der Waals surface area contributed by atoms with Crippen LogP contribution in [0, 0.1) is 0 Å². The van der Waals surface area contributed by atoms with Gasteiger partial charge in [-0.05, 0) is 13.8 Å². The minimum Gasteiger partial charge on any atom is -0.390 e. The molecule has 0 aliphatic carbocycles. The molecule has 1 N–H and O–H groups in total. The van der Waals surface area contributed by atoms with Crippen molar-refractivity contribution in [3.8, 4) is 0 Å². The lowest BCUT2D eigenvalue weighted by Crippen LogP contribution is -1.97. The minimum atomic E-state index is -0.000223. The monoisotopic (exact) mass is 179 g/mol. The van der Waals surface area contributed by atoms with E-state index in [1.807, 2.05) is 18.5 Å². The molecule has 2 aromatic heterocycles. The molecule has 0 unspecified atom stereocenters. The lowest BCUT2D eigenvalue weighted by molar-refractivity contribution is 0.276. The van der Waals surface area contributed by atoms with Crippen molar-refractivity contribution in [1.29, 1.82) is 0 Å². The summed E-state index contributed by atoms with van der Waals surface area (Å²) in [4.78, 5) is 0. The predicted molar refractivity (Wildman–Crippen MR) is 49.5 cm³/mol. The van der Waals surface area contributed by atoms with Gasteiger partial charge in [0.05, 0.1) is 12.3 Å². The van der Waals surface area contributed by atoms with E-state index in [9.17, 15) is 0 Å². The van der Waals surface area contributed by atoms with Crippen LogP contribution >= 0.6 is 0 Å². The van der Waals surface area contributed by atoms with Crippen molar-refractivity contribution >= 4 is 5.65 Å². The number of aliphatic hydroxyl groups is 1. The van der Waals surface area contributed by atoms with Crippen LogP contribution in [0.3, 0.4) is 0 Å². The summed E-state index contributed by atoms with van der Waals surface area (Å²) < 4.78 is 3.90. The molecule has 2 rings (SSSR count). The fraction of sp³-hybridized carbons (Fsp3) is 0.444. The molecule has 0 fully saturated rings. The largest absolute Gasteiger partial charge is 0.390 e. The zero-order chi connectivity index (χ0) is 9.42. The molecular weight excluding hydrogens is 166 g/mol. The third-order valence-corrected chi connectivity index (χ3v) is 2.12. The lowest BCUT2D eigenvalue weighted by Gasteiger charge is -2.05. The number of hydrogen-bond donors (Lipinski definition) is 1. The highest BCUT2D eigenvalue weighted by molar-refractivity contribution is 5.41. The van der Waals surface area contributed by atoms with Crippen molar-refractivity contribution < 1.29 is 5.11 Å². The Bertz CT molecular complexity index is 413.